The second kappa shape index (κ2) is 48.8. The van der Waals surface area contributed by atoms with Crippen LogP contribution in [0.15, 0.2) is 34.3 Å². The predicted molar refractivity (Wildman–Crippen MR) is 407 cm³/mol. The van der Waals surface area contributed by atoms with Crippen molar-refractivity contribution in [3.63, 3.8) is 0 Å². The SMILES string of the molecule is CCCC[N+](CCCC)(CCCC)CCCC(CCC[N+](CCCC)(CCCC)CCCC)c1cc(C)c(O)c(C=NC2CCCCC2N=Cc2cc(C(CCC[N+](CCCC)(CCCC)CCCC)CCC[N+](CCCC)(CCCC)CCCC)cc(C)c2O)c1. The minimum atomic E-state index is 0.0249. The van der Waals surface area contributed by atoms with Gasteiger partial charge in [0.05, 0.1) is 117 Å². The summed E-state index contributed by atoms with van der Waals surface area (Å²) >= 11 is 0. The fourth-order valence-corrected chi connectivity index (χ4v) is 16.4. The summed E-state index contributed by atoms with van der Waals surface area (Å²) in [6.07, 6.45) is 49.3. The first-order valence-corrected chi connectivity index (χ1v) is 40.8. The molecule has 0 heterocycles. The zero-order valence-electron chi connectivity index (χ0n) is 64.1. The van der Waals surface area contributed by atoms with Crippen molar-refractivity contribution in [2.75, 3.05) is 105 Å². The smallest absolute Gasteiger partial charge is 0.127 e. The molecule has 1 fully saturated rings. The summed E-state index contributed by atoms with van der Waals surface area (Å²) in [7, 11) is 0. The molecule has 0 bridgehead atoms. The summed E-state index contributed by atoms with van der Waals surface area (Å²) in [6.45, 7) is 53.8. The van der Waals surface area contributed by atoms with Crippen LogP contribution in [0.3, 0.4) is 0 Å². The monoisotopic (exact) mass is 1280 g/mol. The maximum atomic E-state index is 12.0. The van der Waals surface area contributed by atoms with Crippen LogP contribution in [-0.4, -0.2) is 157 Å². The highest BCUT2D eigenvalue weighted by molar-refractivity contribution is 5.86. The lowest BCUT2D eigenvalue weighted by Crippen LogP contribution is -2.51. The van der Waals surface area contributed by atoms with E-state index in [1.165, 1.54) is 339 Å². The number of phenolic OH excluding ortho intramolecular Hbond substituents is 2. The maximum absolute atomic E-state index is 12.0. The Morgan fingerprint density at radius 2 is 0.522 bits per heavy atom. The van der Waals surface area contributed by atoms with E-state index in [-0.39, 0.29) is 12.1 Å². The van der Waals surface area contributed by atoms with Crippen LogP contribution in [0.25, 0.3) is 0 Å². The quantitative estimate of drug-likeness (QED) is 0.0512. The van der Waals surface area contributed by atoms with Gasteiger partial charge in [0.15, 0.2) is 0 Å². The van der Waals surface area contributed by atoms with Crippen molar-refractivity contribution in [2.45, 2.75) is 352 Å². The first kappa shape index (κ1) is 83.4. The van der Waals surface area contributed by atoms with Gasteiger partial charge in [-0.15, -0.1) is 0 Å². The lowest BCUT2D eigenvalue weighted by molar-refractivity contribution is -0.929. The van der Waals surface area contributed by atoms with Crippen molar-refractivity contribution < 1.29 is 28.1 Å². The molecule has 532 valence electrons. The van der Waals surface area contributed by atoms with E-state index >= 15 is 0 Å². The second-order valence-corrected chi connectivity index (χ2v) is 30.7. The average molecular weight is 1280 g/mol. The molecule has 2 unspecified atom stereocenters. The Balaban J connectivity index is 2.10. The molecule has 3 rings (SSSR count). The first-order valence-electron chi connectivity index (χ1n) is 40.8. The van der Waals surface area contributed by atoms with Crippen LogP contribution in [0.5, 0.6) is 11.5 Å². The third-order valence-corrected chi connectivity index (χ3v) is 22.7. The van der Waals surface area contributed by atoms with Gasteiger partial charge in [-0.2, -0.15) is 0 Å². The zero-order valence-corrected chi connectivity index (χ0v) is 64.1. The van der Waals surface area contributed by atoms with Crippen molar-refractivity contribution in [1.29, 1.82) is 0 Å². The molecule has 2 aromatic rings. The largest absolute Gasteiger partial charge is 0.507 e. The molecule has 1 aliphatic carbocycles. The molecule has 0 saturated heterocycles. The minimum absolute atomic E-state index is 0.0249. The number of benzene rings is 2. The molecule has 8 heteroatoms. The molecule has 1 aliphatic rings. The van der Waals surface area contributed by atoms with E-state index in [4.69, 9.17) is 9.98 Å². The van der Waals surface area contributed by atoms with Gasteiger partial charge in [-0.3, -0.25) is 9.98 Å². The number of quaternary nitrogens is 4. The minimum Gasteiger partial charge on any atom is -0.507 e. The van der Waals surface area contributed by atoms with E-state index in [1.54, 1.807) is 0 Å². The zero-order chi connectivity index (χ0) is 67.4. The first-order chi connectivity index (χ1) is 44.6. The summed E-state index contributed by atoms with van der Waals surface area (Å²) in [5.74, 6) is 1.65. The highest BCUT2D eigenvalue weighted by Crippen LogP contribution is 2.37. The van der Waals surface area contributed by atoms with Gasteiger partial charge in [0.2, 0.25) is 0 Å². The van der Waals surface area contributed by atoms with Crippen molar-refractivity contribution in [3.05, 3.63) is 57.6 Å². The molecule has 0 radical (unpaired) electrons. The van der Waals surface area contributed by atoms with E-state index in [0.717, 1.165) is 47.9 Å². The van der Waals surface area contributed by atoms with Crippen molar-refractivity contribution in [2.24, 2.45) is 9.98 Å². The van der Waals surface area contributed by atoms with Crippen LogP contribution < -0.4 is 0 Å². The van der Waals surface area contributed by atoms with E-state index in [2.05, 4.69) is 121 Å². The Hall–Kier alpha value is -2.78. The van der Waals surface area contributed by atoms with Crippen LogP contribution in [0.4, 0.5) is 0 Å². The van der Waals surface area contributed by atoms with E-state index in [1.807, 2.05) is 12.4 Å². The van der Waals surface area contributed by atoms with Crippen molar-refractivity contribution >= 4 is 12.4 Å². The Morgan fingerprint density at radius 3 is 0.717 bits per heavy atom. The topological polar surface area (TPSA) is 65.2 Å². The van der Waals surface area contributed by atoms with Gasteiger partial charge in [0, 0.05) is 23.6 Å². The summed E-state index contributed by atoms with van der Waals surface area (Å²) in [6, 6.07) is 9.45. The number of aromatic hydroxyl groups is 2. The number of hydrogen-bond donors (Lipinski definition) is 2. The molecule has 2 N–H and O–H groups in total. The Morgan fingerprint density at radius 1 is 0.326 bits per heavy atom. The summed E-state index contributed by atoms with van der Waals surface area (Å²) in [4.78, 5) is 10.9. The van der Waals surface area contributed by atoms with Gasteiger partial charge < -0.3 is 28.1 Å². The normalized spacial score (nSPS) is 15.4. The second-order valence-electron chi connectivity index (χ2n) is 30.7. The number of nitrogens with zero attached hydrogens (tertiary/aromatic N) is 6. The lowest BCUT2D eigenvalue weighted by atomic mass is 9.87. The molecule has 0 aliphatic heterocycles. The van der Waals surface area contributed by atoms with Gasteiger partial charge in [-0.1, -0.05) is 185 Å². The Kier molecular flexibility index (Phi) is 44.3. The number of aliphatic imine (C=N–C) groups is 2. The molecule has 1 saturated carbocycles. The molecule has 0 aromatic heterocycles. The number of hydrogen-bond acceptors (Lipinski definition) is 4. The van der Waals surface area contributed by atoms with Crippen LogP contribution in [0, 0.1) is 13.8 Å². The number of unbranched alkanes of at least 4 members (excludes halogenated alkanes) is 12. The highest BCUT2D eigenvalue weighted by atomic mass is 16.3. The highest BCUT2D eigenvalue weighted by Gasteiger charge is 2.32. The van der Waals surface area contributed by atoms with Crippen LogP contribution in [0.2, 0.25) is 0 Å². The average Bonchev–Trinajstić information content (AvgIpc) is 1.01. The van der Waals surface area contributed by atoms with Crippen LogP contribution in [0.1, 0.15) is 359 Å². The molecule has 2 atom stereocenters. The molecule has 92 heavy (non-hydrogen) atoms. The van der Waals surface area contributed by atoms with Gasteiger partial charge in [-0.05, 0) is 201 Å². The standard InChI is InChI=1S/C84H156N6O2/c1-15-27-51-87(52-28-16-2,53-29-17-3)63-41-45-75(46-42-64-88(54-30-18-4,55-31-19-5)56-32-20-6)77-67-73(13)83(91)79(69-77)71-85-81-49-39-40-50-82(81)86-72-80-70-78(68-74(14)84(80)92)76(47-43-65-89(57-33-21-7,58-34-22-8)59-35-23-9)48-44-66-90(60-36-24-10,61-37-25-11)62-38-26-12/h67-72,75-76,81-82H,15-66H2,1-14H3/q+2/p+2. The molecular formula is C84H158N6O2+4. The number of aryl methyl sites for hydroxylation is 2. The number of rotatable bonds is 58. The summed E-state index contributed by atoms with van der Waals surface area (Å²) < 4.78 is 5.19. The third kappa shape index (κ3) is 30.3. The third-order valence-electron chi connectivity index (χ3n) is 22.7. The van der Waals surface area contributed by atoms with E-state index < -0.39 is 0 Å². The Labute approximate surface area is 573 Å². The van der Waals surface area contributed by atoms with E-state index in [9.17, 15) is 10.2 Å². The Bertz CT molecular complexity index is 1900. The summed E-state index contributed by atoms with van der Waals surface area (Å²) in [5, 5.41) is 24.0. The molecule has 2 aromatic carbocycles. The summed E-state index contributed by atoms with van der Waals surface area (Å²) in [5.41, 5.74) is 6.49. The number of phenols is 2. The van der Waals surface area contributed by atoms with Gasteiger partial charge in [-0.25, -0.2) is 0 Å². The van der Waals surface area contributed by atoms with E-state index in [0.29, 0.717) is 23.3 Å². The van der Waals surface area contributed by atoms with Crippen LogP contribution >= 0.6 is 0 Å². The van der Waals surface area contributed by atoms with Crippen molar-refractivity contribution in [1.82, 2.24) is 0 Å². The maximum Gasteiger partial charge on any atom is 0.127 e. The molecule has 8 nitrogen and oxygen atoms in total. The molecular weight excluding hydrogens is 1120 g/mol. The fourth-order valence-electron chi connectivity index (χ4n) is 16.4. The van der Waals surface area contributed by atoms with Gasteiger partial charge >= 0.3 is 0 Å². The molecule has 0 spiro atoms. The fraction of sp³-hybridized carbons (Fsp3) is 0.833. The van der Waals surface area contributed by atoms with Crippen molar-refractivity contribution in [3.8, 4) is 11.5 Å². The predicted octanol–water partition coefficient (Wildman–Crippen LogP) is 22.7. The van der Waals surface area contributed by atoms with Gasteiger partial charge in [0.25, 0.3) is 0 Å². The molecule has 0 amide bonds. The van der Waals surface area contributed by atoms with Gasteiger partial charge in [0.1, 0.15) is 11.5 Å². The van der Waals surface area contributed by atoms with Crippen LogP contribution in [-0.2, 0) is 0 Å². The lowest BCUT2D eigenvalue weighted by Gasteiger charge is -2.40.